The zero-order chi connectivity index (χ0) is 13.8. The second-order valence-electron chi connectivity index (χ2n) is 5.94. The molecule has 2 fully saturated rings. The van der Waals surface area contributed by atoms with Gasteiger partial charge in [0.25, 0.3) is 0 Å². The number of carbonyl (C=O) groups excluding carboxylic acids is 1. The van der Waals surface area contributed by atoms with Gasteiger partial charge >= 0.3 is 0 Å². The second kappa shape index (κ2) is 6.39. The molecular weight excluding hydrogens is 254 g/mol. The number of hydrogen-bond donors (Lipinski definition) is 2. The zero-order valence-corrected chi connectivity index (χ0v) is 11.9. The van der Waals surface area contributed by atoms with Crippen LogP contribution in [0.1, 0.15) is 63.0 Å². The fourth-order valence-electron chi connectivity index (χ4n) is 3.22. The normalized spacial score (nSPS) is 24.5. The molecular formula is C15H23N3O2. The van der Waals surface area contributed by atoms with Gasteiger partial charge < -0.3 is 9.84 Å². The number of anilines is 1. The Morgan fingerprint density at radius 2 is 2.00 bits per heavy atom. The first kappa shape index (κ1) is 13.6. The van der Waals surface area contributed by atoms with E-state index in [0.717, 1.165) is 31.5 Å². The van der Waals surface area contributed by atoms with Crippen LogP contribution in [0.15, 0.2) is 10.6 Å². The fourth-order valence-corrected chi connectivity index (χ4v) is 3.22. The van der Waals surface area contributed by atoms with Crippen molar-refractivity contribution in [3.05, 3.63) is 11.8 Å². The molecule has 1 saturated carbocycles. The van der Waals surface area contributed by atoms with Crippen molar-refractivity contribution in [1.29, 1.82) is 0 Å². The molecule has 2 aliphatic rings. The number of aromatic nitrogens is 1. The summed E-state index contributed by atoms with van der Waals surface area (Å²) in [6, 6.07) is 1.81. The molecule has 1 aromatic rings. The largest absolute Gasteiger partial charge is 0.338 e. The Balaban J connectivity index is 1.57. The van der Waals surface area contributed by atoms with Gasteiger partial charge in [0, 0.05) is 12.0 Å². The Morgan fingerprint density at radius 3 is 2.75 bits per heavy atom. The fraction of sp³-hybridized carbons (Fsp3) is 0.733. The molecule has 1 aliphatic carbocycles. The maximum absolute atomic E-state index is 12.1. The van der Waals surface area contributed by atoms with Gasteiger partial charge in [0.1, 0.15) is 0 Å². The van der Waals surface area contributed by atoms with Crippen LogP contribution < -0.4 is 10.6 Å². The summed E-state index contributed by atoms with van der Waals surface area (Å²) in [6.07, 6.45) is 9.39. The zero-order valence-electron chi connectivity index (χ0n) is 11.9. The molecule has 1 aliphatic heterocycles. The van der Waals surface area contributed by atoms with Gasteiger partial charge in [-0.05, 0) is 32.2 Å². The Morgan fingerprint density at radius 1 is 1.20 bits per heavy atom. The summed E-state index contributed by atoms with van der Waals surface area (Å²) < 4.78 is 5.27. The van der Waals surface area contributed by atoms with Crippen LogP contribution in [-0.2, 0) is 4.79 Å². The number of carbonyl (C=O) groups is 1. The quantitative estimate of drug-likeness (QED) is 0.891. The van der Waals surface area contributed by atoms with Gasteiger partial charge in [-0.15, -0.1) is 0 Å². The van der Waals surface area contributed by atoms with E-state index in [9.17, 15) is 4.79 Å². The maximum atomic E-state index is 12.1. The minimum atomic E-state index is -0.0908. The predicted octanol–water partition coefficient (Wildman–Crippen LogP) is 2.80. The number of rotatable bonds is 3. The first-order valence-corrected chi connectivity index (χ1v) is 7.84. The molecule has 20 heavy (non-hydrogen) atoms. The topological polar surface area (TPSA) is 67.2 Å². The third-order valence-corrected chi connectivity index (χ3v) is 4.43. The first-order chi connectivity index (χ1) is 9.83. The highest BCUT2D eigenvalue weighted by atomic mass is 16.5. The van der Waals surface area contributed by atoms with Crippen LogP contribution in [0.4, 0.5) is 5.88 Å². The lowest BCUT2D eigenvalue weighted by molar-refractivity contribution is -0.118. The lowest BCUT2D eigenvalue weighted by atomic mass is 9.87. The molecule has 1 saturated heterocycles. The van der Waals surface area contributed by atoms with Gasteiger partial charge in [-0.3, -0.25) is 10.1 Å². The van der Waals surface area contributed by atoms with E-state index in [1.54, 1.807) is 0 Å². The summed E-state index contributed by atoms with van der Waals surface area (Å²) in [5, 5.41) is 10.2. The van der Waals surface area contributed by atoms with E-state index in [-0.39, 0.29) is 11.9 Å². The van der Waals surface area contributed by atoms with Crippen molar-refractivity contribution in [3.63, 3.8) is 0 Å². The molecule has 1 amide bonds. The third-order valence-electron chi connectivity index (χ3n) is 4.43. The number of amides is 1. The molecule has 110 valence electrons. The average Bonchev–Trinajstić information content (AvgIpc) is 2.97. The van der Waals surface area contributed by atoms with Crippen LogP contribution in [0.2, 0.25) is 0 Å². The molecule has 2 N–H and O–H groups in total. The van der Waals surface area contributed by atoms with E-state index in [4.69, 9.17) is 4.52 Å². The van der Waals surface area contributed by atoms with Crippen LogP contribution in [0, 0.1) is 0 Å². The molecule has 0 radical (unpaired) electrons. The molecule has 0 aromatic carbocycles. The van der Waals surface area contributed by atoms with Gasteiger partial charge in [0.2, 0.25) is 11.8 Å². The van der Waals surface area contributed by atoms with Gasteiger partial charge in [-0.2, -0.15) is 0 Å². The van der Waals surface area contributed by atoms with Gasteiger partial charge in [0.15, 0.2) is 0 Å². The van der Waals surface area contributed by atoms with Gasteiger partial charge in [0.05, 0.1) is 11.7 Å². The molecule has 5 nitrogen and oxygen atoms in total. The second-order valence-corrected chi connectivity index (χ2v) is 5.94. The molecule has 0 bridgehead atoms. The number of piperidine rings is 1. The highest BCUT2D eigenvalue weighted by Crippen LogP contribution is 2.32. The minimum Gasteiger partial charge on any atom is -0.338 e. The monoisotopic (exact) mass is 277 g/mol. The summed E-state index contributed by atoms with van der Waals surface area (Å²) in [5.41, 5.74) is 0.997. The van der Waals surface area contributed by atoms with Crippen molar-refractivity contribution in [2.75, 3.05) is 11.9 Å². The van der Waals surface area contributed by atoms with E-state index in [2.05, 4.69) is 15.8 Å². The molecule has 1 unspecified atom stereocenters. The molecule has 3 rings (SSSR count). The van der Waals surface area contributed by atoms with Crippen LogP contribution in [-0.4, -0.2) is 23.7 Å². The van der Waals surface area contributed by atoms with Crippen LogP contribution in [0.5, 0.6) is 0 Å². The minimum absolute atomic E-state index is 0.00366. The summed E-state index contributed by atoms with van der Waals surface area (Å²) in [5.74, 6) is 0.991. The smallest absolute Gasteiger partial charge is 0.243 e. The summed E-state index contributed by atoms with van der Waals surface area (Å²) in [4.78, 5) is 12.1. The van der Waals surface area contributed by atoms with E-state index in [0.29, 0.717) is 11.8 Å². The van der Waals surface area contributed by atoms with Crippen molar-refractivity contribution < 1.29 is 9.32 Å². The van der Waals surface area contributed by atoms with Crippen LogP contribution >= 0.6 is 0 Å². The van der Waals surface area contributed by atoms with E-state index < -0.39 is 0 Å². The third kappa shape index (κ3) is 3.20. The Hall–Kier alpha value is -1.36. The summed E-state index contributed by atoms with van der Waals surface area (Å²) in [7, 11) is 0. The van der Waals surface area contributed by atoms with Crippen molar-refractivity contribution in [1.82, 2.24) is 10.5 Å². The average molecular weight is 277 g/mol. The van der Waals surface area contributed by atoms with Gasteiger partial charge in [-0.25, -0.2) is 0 Å². The van der Waals surface area contributed by atoms with Crippen molar-refractivity contribution >= 4 is 11.8 Å². The molecule has 2 heterocycles. The first-order valence-electron chi connectivity index (χ1n) is 7.84. The molecule has 0 spiro atoms. The number of hydrogen-bond acceptors (Lipinski definition) is 4. The number of nitrogens with zero attached hydrogens (tertiary/aromatic N) is 1. The Bertz CT molecular complexity index is 446. The van der Waals surface area contributed by atoms with E-state index in [1.807, 2.05) is 6.07 Å². The van der Waals surface area contributed by atoms with Crippen LogP contribution in [0.3, 0.4) is 0 Å². The van der Waals surface area contributed by atoms with Crippen molar-refractivity contribution in [3.8, 4) is 0 Å². The van der Waals surface area contributed by atoms with Gasteiger partial charge in [-0.1, -0.05) is 30.8 Å². The summed E-state index contributed by atoms with van der Waals surface area (Å²) in [6.45, 7) is 0.918. The predicted molar refractivity (Wildman–Crippen MR) is 76.6 cm³/mol. The molecule has 5 heteroatoms. The Kier molecular flexibility index (Phi) is 4.35. The van der Waals surface area contributed by atoms with Crippen molar-refractivity contribution in [2.24, 2.45) is 0 Å². The highest BCUT2D eigenvalue weighted by Gasteiger charge is 2.23. The lowest BCUT2D eigenvalue weighted by Crippen LogP contribution is -2.43. The lowest BCUT2D eigenvalue weighted by Gasteiger charge is -2.21. The Labute approximate surface area is 119 Å². The SMILES string of the molecule is O=C(Nc1cc(C2CCCCC2)no1)C1CCCCN1. The molecule has 1 atom stereocenters. The van der Waals surface area contributed by atoms with E-state index in [1.165, 1.54) is 32.1 Å². The standard InChI is InChI=1S/C15H23N3O2/c19-15(12-8-4-5-9-16-12)17-14-10-13(18-20-14)11-6-2-1-3-7-11/h10-12,16H,1-9H2,(H,17,19). The van der Waals surface area contributed by atoms with E-state index >= 15 is 0 Å². The molecule has 1 aromatic heterocycles. The van der Waals surface area contributed by atoms with Crippen molar-refractivity contribution in [2.45, 2.75) is 63.3 Å². The maximum Gasteiger partial charge on any atom is 0.243 e. The van der Waals surface area contributed by atoms with Crippen LogP contribution in [0.25, 0.3) is 0 Å². The summed E-state index contributed by atoms with van der Waals surface area (Å²) >= 11 is 0. The highest BCUT2D eigenvalue weighted by molar-refractivity contribution is 5.93. The number of nitrogens with one attached hydrogen (secondary N) is 2.